The molecule has 2 saturated heterocycles. The van der Waals surface area contributed by atoms with Crippen molar-refractivity contribution < 1.29 is 23.1 Å². The number of Topliss-reactive ketones (excluding diaryl/α,β-unsaturated/α-hetero) is 1. The molecule has 4 rings (SSSR count). The van der Waals surface area contributed by atoms with Gasteiger partial charge in [-0.05, 0) is 18.1 Å². The van der Waals surface area contributed by atoms with Crippen LogP contribution in [-0.2, 0) is 19.4 Å². The highest BCUT2D eigenvalue weighted by Crippen LogP contribution is 2.41. The third-order valence-corrected chi connectivity index (χ3v) is 6.88. The number of sulfone groups is 1. The quantitative estimate of drug-likeness (QED) is 0.479. The van der Waals surface area contributed by atoms with Gasteiger partial charge in [-0.2, -0.15) is 0 Å². The van der Waals surface area contributed by atoms with E-state index in [1.54, 1.807) is 48.7 Å². The molecule has 0 spiro atoms. The van der Waals surface area contributed by atoms with Gasteiger partial charge >= 0.3 is 0 Å². The average molecular weight is 398 g/mol. The molecule has 0 aliphatic carbocycles. The fourth-order valence-electron chi connectivity index (χ4n) is 3.84. The lowest BCUT2D eigenvalue weighted by atomic mass is 9.96. The van der Waals surface area contributed by atoms with Gasteiger partial charge in [-0.3, -0.25) is 14.6 Å². The highest BCUT2D eigenvalue weighted by Gasteiger charge is 2.50. The first-order valence-electron chi connectivity index (χ1n) is 8.85. The summed E-state index contributed by atoms with van der Waals surface area (Å²) in [5.41, 5.74) is 0.908. The predicted molar refractivity (Wildman–Crippen MR) is 102 cm³/mol. The molecule has 2 aromatic rings. The fraction of sp³-hybridized carbons (Fsp3) is 0.250. The molecular weight excluding hydrogens is 380 g/mol. The van der Waals surface area contributed by atoms with E-state index in [1.165, 1.54) is 11.1 Å². The third-order valence-electron chi connectivity index (χ3n) is 5.13. The molecule has 144 valence electrons. The lowest BCUT2D eigenvalue weighted by Crippen LogP contribution is -2.40. The number of carbonyl (C=O) groups is 2. The first kappa shape index (κ1) is 18.4. The van der Waals surface area contributed by atoms with Gasteiger partial charge in [0.15, 0.2) is 9.84 Å². The summed E-state index contributed by atoms with van der Waals surface area (Å²) in [6.07, 6.45) is 3.34. The van der Waals surface area contributed by atoms with Crippen molar-refractivity contribution in [2.24, 2.45) is 0 Å². The van der Waals surface area contributed by atoms with Crippen molar-refractivity contribution in [1.29, 1.82) is 0 Å². The Balaban J connectivity index is 1.88. The Morgan fingerprint density at radius 1 is 1.11 bits per heavy atom. The number of likely N-dealkylation sites (tertiary alicyclic amines) is 1. The number of aliphatic hydroxyl groups is 1. The van der Waals surface area contributed by atoms with Gasteiger partial charge in [0.2, 0.25) is 0 Å². The van der Waals surface area contributed by atoms with Gasteiger partial charge in [0.25, 0.3) is 11.7 Å². The van der Waals surface area contributed by atoms with E-state index in [0.29, 0.717) is 11.1 Å². The number of aromatic nitrogens is 1. The standard InChI is InChI=1S/C20H18N2O5S/c23-18(13-5-2-1-3-6-13)16-17(14-7-4-9-21-11-14)22(20(25)19(16)24)15-8-10-28(26,27)12-15/h1-7,9,11,15,17,23H,8,10,12H2/t15-,17-/m1/s1. The Morgan fingerprint density at radius 3 is 2.46 bits per heavy atom. The van der Waals surface area contributed by atoms with Crippen LogP contribution < -0.4 is 0 Å². The summed E-state index contributed by atoms with van der Waals surface area (Å²) >= 11 is 0. The first-order chi connectivity index (χ1) is 13.4. The van der Waals surface area contributed by atoms with E-state index in [-0.39, 0.29) is 29.3 Å². The van der Waals surface area contributed by atoms with Crippen molar-refractivity contribution in [3.8, 4) is 0 Å². The van der Waals surface area contributed by atoms with Crippen LogP contribution in [0.5, 0.6) is 0 Å². The summed E-state index contributed by atoms with van der Waals surface area (Å²) in [7, 11) is -3.27. The normalized spacial score (nSPS) is 25.9. The van der Waals surface area contributed by atoms with E-state index in [2.05, 4.69) is 4.98 Å². The number of hydrogen-bond donors (Lipinski definition) is 1. The maximum Gasteiger partial charge on any atom is 0.295 e. The SMILES string of the molecule is O=C1C(=O)N([C@@H]2CCS(=O)(=O)C2)[C@H](c2cccnc2)C1=C(O)c1ccccc1. The summed E-state index contributed by atoms with van der Waals surface area (Å²) in [6.45, 7) is 0. The molecule has 8 heteroatoms. The highest BCUT2D eigenvalue weighted by atomic mass is 32.2. The van der Waals surface area contributed by atoms with E-state index in [1.807, 2.05) is 0 Å². The molecule has 1 N–H and O–H groups in total. The summed E-state index contributed by atoms with van der Waals surface area (Å²) in [4.78, 5) is 31.1. The highest BCUT2D eigenvalue weighted by molar-refractivity contribution is 7.91. The molecule has 1 aromatic heterocycles. The van der Waals surface area contributed by atoms with Crippen molar-refractivity contribution in [2.45, 2.75) is 18.5 Å². The lowest BCUT2D eigenvalue weighted by molar-refractivity contribution is -0.141. The third kappa shape index (κ3) is 3.09. The van der Waals surface area contributed by atoms with E-state index < -0.39 is 33.6 Å². The van der Waals surface area contributed by atoms with Crippen LogP contribution in [-0.4, -0.2) is 52.6 Å². The largest absolute Gasteiger partial charge is 0.507 e. The zero-order chi connectivity index (χ0) is 19.9. The number of hydrogen-bond acceptors (Lipinski definition) is 6. The number of pyridine rings is 1. The number of aliphatic hydroxyl groups excluding tert-OH is 1. The number of benzene rings is 1. The van der Waals surface area contributed by atoms with Crippen molar-refractivity contribution in [1.82, 2.24) is 9.88 Å². The maximum atomic E-state index is 12.9. The molecule has 0 saturated carbocycles. The van der Waals surface area contributed by atoms with E-state index in [4.69, 9.17) is 0 Å². The molecule has 28 heavy (non-hydrogen) atoms. The smallest absolute Gasteiger partial charge is 0.295 e. The molecule has 2 aliphatic rings. The molecule has 0 bridgehead atoms. The van der Waals surface area contributed by atoms with Crippen molar-refractivity contribution in [3.63, 3.8) is 0 Å². The van der Waals surface area contributed by atoms with Crippen LogP contribution in [0.1, 0.15) is 23.6 Å². The van der Waals surface area contributed by atoms with Gasteiger partial charge < -0.3 is 10.0 Å². The zero-order valence-corrected chi connectivity index (χ0v) is 15.7. The number of ketones is 1. The molecular formula is C20H18N2O5S. The van der Waals surface area contributed by atoms with E-state index in [0.717, 1.165) is 0 Å². The summed E-state index contributed by atoms with van der Waals surface area (Å²) in [6, 6.07) is 10.4. The van der Waals surface area contributed by atoms with Crippen molar-refractivity contribution in [2.75, 3.05) is 11.5 Å². The van der Waals surface area contributed by atoms with Crippen LogP contribution in [0.25, 0.3) is 5.76 Å². The van der Waals surface area contributed by atoms with E-state index >= 15 is 0 Å². The van der Waals surface area contributed by atoms with Crippen LogP contribution in [0.4, 0.5) is 0 Å². The molecule has 7 nitrogen and oxygen atoms in total. The molecule has 2 atom stereocenters. The number of nitrogens with zero attached hydrogens (tertiary/aromatic N) is 2. The Kier molecular flexibility index (Phi) is 4.50. The molecule has 0 radical (unpaired) electrons. The molecule has 2 aliphatic heterocycles. The minimum absolute atomic E-state index is 0.0287. The van der Waals surface area contributed by atoms with Crippen LogP contribution in [0.2, 0.25) is 0 Å². The Hall–Kier alpha value is -3.00. The van der Waals surface area contributed by atoms with Crippen LogP contribution in [0.15, 0.2) is 60.4 Å². The Morgan fingerprint density at radius 2 is 1.86 bits per heavy atom. The second kappa shape index (κ2) is 6.87. The molecule has 1 aromatic carbocycles. The second-order valence-corrected chi connectivity index (χ2v) is 9.14. The van der Waals surface area contributed by atoms with Gasteiger partial charge in [0, 0.05) is 24.0 Å². The lowest BCUT2D eigenvalue weighted by Gasteiger charge is -2.29. The van der Waals surface area contributed by atoms with Crippen molar-refractivity contribution in [3.05, 3.63) is 71.6 Å². The Bertz CT molecular complexity index is 1060. The zero-order valence-electron chi connectivity index (χ0n) is 14.9. The fourth-order valence-corrected chi connectivity index (χ4v) is 5.55. The molecule has 3 heterocycles. The first-order valence-corrected chi connectivity index (χ1v) is 10.7. The van der Waals surface area contributed by atoms with Gasteiger partial charge in [0.1, 0.15) is 5.76 Å². The van der Waals surface area contributed by atoms with Crippen LogP contribution in [0.3, 0.4) is 0 Å². The minimum Gasteiger partial charge on any atom is -0.507 e. The molecule has 1 amide bonds. The number of amides is 1. The predicted octanol–water partition coefficient (Wildman–Crippen LogP) is 1.69. The summed E-state index contributed by atoms with van der Waals surface area (Å²) in [5.74, 6) is -2.12. The van der Waals surface area contributed by atoms with Crippen LogP contribution >= 0.6 is 0 Å². The second-order valence-electron chi connectivity index (χ2n) is 6.92. The van der Waals surface area contributed by atoms with Crippen LogP contribution in [0, 0.1) is 0 Å². The van der Waals surface area contributed by atoms with Gasteiger partial charge in [-0.1, -0.05) is 36.4 Å². The topological polar surface area (TPSA) is 105 Å². The Labute approximate surface area is 162 Å². The number of carbonyl (C=O) groups excluding carboxylic acids is 2. The monoisotopic (exact) mass is 398 g/mol. The van der Waals surface area contributed by atoms with Gasteiger partial charge in [-0.25, -0.2) is 8.42 Å². The molecule has 2 fully saturated rings. The van der Waals surface area contributed by atoms with E-state index in [9.17, 15) is 23.1 Å². The average Bonchev–Trinajstić information content (AvgIpc) is 3.19. The van der Waals surface area contributed by atoms with Gasteiger partial charge in [0.05, 0.1) is 23.1 Å². The van der Waals surface area contributed by atoms with Crippen molar-refractivity contribution >= 4 is 27.3 Å². The number of rotatable bonds is 3. The summed E-state index contributed by atoms with van der Waals surface area (Å²) < 4.78 is 23.9. The summed E-state index contributed by atoms with van der Waals surface area (Å²) in [5, 5.41) is 10.8. The minimum atomic E-state index is -3.27. The maximum absolute atomic E-state index is 12.9. The molecule has 0 unspecified atom stereocenters. The van der Waals surface area contributed by atoms with Gasteiger partial charge in [-0.15, -0.1) is 0 Å².